The second-order valence-corrected chi connectivity index (χ2v) is 5.50. The van der Waals surface area contributed by atoms with Crippen LogP contribution in [0.4, 0.5) is 0 Å². The maximum Gasteiger partial charge on any atom is 0.180 e. The summed E-state index contributed by atoms with van der Waals surface area (Å²) in [6.45, 7) is -0.0978. The number of nitrogens with zero attached hydrogens (tertiary/aromatic N) is 2. The van der Waals surface area contributed by atoms with Crippen molar-refractivity contribution in [3.63, 3.8) is 0 Å². The zero-order valence-electron chi connectivity index (χ0n) is 11.9. The van der Waals surface area contributed by atoms with Crippen LogP contribution in [0.5, 0.6) is 5.75 Å². The van der Waals surface area contributed by atoms with Crippen LogP contribution >= 0.6 is 11.8 Å². The number of hydrogen-bond donors (Lipinski definition) is 3. The van der Waals surface area contributed by atoms with Crippen molar-refractivity contribution in [3.8, 4) is 5.75 Å². The fourth-order valence-electron chi connectivity index (χ4n) is 1.71. The highest BCUT2D eigenvalue weighted by Gasteiger charge is 2.00. The Kier molecular flexibility index (Phi) is 6.00. The summed E-state index contributed by atoms with van der Waals surface area (Å²) in [4.78, 5) is 0. The second kappa shape index (κ2) is 8.21. The first kappa shape index (κ1) is 16.1. The quantitative estimate of drug-likeness (QED) is 0.449. The number of nitrogens with two attached hydrogens (primary N) is 1. The first-order chi connectivity index (χ1) is 10.7. The third kappa shape index (κ3) is 4.91. The summed E-state index contributed by atoms with van der Waals surface area (Å²) in [6, 6.07) is 14.7. The van der Waals surface area contributed by atoms with E-state index in [0.717, 1.165) is 11.3 Å². The Morgan fingerprint density at radius 3 is 2.64 bits per heavy atom. The van der Waals surface area contributed by atoms with Gasteiger partial charge in [-0.15, -0.1) is 5.10 Å². The zero-order chi connectivity index (χ0) is 15.8. The molecule has 0 aliphatic heterocycles. The molecule has 0 saturated carbocycles. The van der Waals surface area contributed by atoms with Crippen LogP contribution in [0.25, 0.3) is 0 Å². The van der Waals surface area contributed by atoms with E-state index in [4.69, 9.17) is 10.8 Å². The Bertz CT molecular complexity index is 672. The Balaban J connectivity index is 1.95. The molecule has 0 unspecified atom stereocenters. The Hall–Kier alpha value is -2.31. The average Bonchev–Trinajstić information content (AvgIpc) is 2.55. The van der Waals surface area contributed by atoms with Crippen molar-refractivity contribution in [1.29, 1.82) is 0 Å². The molecule has 0 aromatic heterocycles. The number of aliphatic hydroxyl groups is 1. The van der Waals surface area contributed by atoms with Gasteiger partial charge in [-0.1, -0.05) is 48.2 Å². The highest BCUT2D eigenvalue weighted by molar-refractivity contribution is 8.13. The van der Waals surface area contributed by atoms with Crippen molar-refractivity contribution in [2.45, 2.75) is 12.4 Å². The van der Waals surface area contributed by atoms with Gasteiger partial charge in [-0.2, -0.15) is 5.10 Å². The van der Waals surface area contributed by atoms with E-state index in [1.54, 1.807) is 12.1 Å². The lowest BCUT2D eigenvalue weighted by atomic mass is 10.1. The van der Waals surface area contributed by atoms with E-state index >= 15 is 0 Å². The minimum Gasteiger partial charge on any atom is -0.507 e. The number of hydrogen-bond acceptors (Lipinski definition) is 5. The lowest BCUT2D eigenvalue weighted by molar-refractivity contribution is 0.281. The van der Waals surface area contributed by atoms with E-state index in [1.165, 1.54) is 24.0 Å². The van der Waals surface area contributed by atoms with E-state index in [9.17, 15) is 5.11 Å². The minimum atomic E-state index is -0.0978. The summed E-state index contributed by atoms with van der Waals surface area (Å²) in [5.41, 5.74) is 8.10. The van der Waals surface area contributed by atoms with E-state index < -0.39 is 0 Å². The van der Waals surface area contributed by atoms with Gasteiger partial charge in [-0.25, -0.2) is 0 Å². The summed E-state index contributed by atoms with van der Waals surface area (Å²) >= 11 is 1.39. The molecule has 2 aromatic rings. The Labute approximate surface area is 133 Å². The molecule has 0 aliphatic rings. The molecule has 22 heavy (non-hydrogen) atoms. The van der Waals surface area contributed by atoms with Gasteiger partial charge in [0.25, 0.3) is 0 Å². The van der Waals surface area contributed by atoms with Gasteiger partial charge in [-0.3, -0.25) is 0 Å². The van der Waals surface area contributed by atoms with Crippen LogP contribution in [0.2, 0.25) is 0 Å². The summed E-state index contributed by atoms with van der Waals surface area (Å²) < 4.78 is 0. The van der Waals surface area contributed by atoms with Gasteiger partial charge >= 0.3 is 0 Å². The smallest absolute Gasteiger partial charge is 0.180 e. The van der Waals surface area contributed by atoms with E-state index in [1.807, 2.05) is 30.3 Å². The average molecular weight is 315 g/mol. The molecule has 0 heterocycles. The third-order valence-electron chi connectivity index (χ3n) is 2.86. The highest BCUT2D eigenvalue weighted by Crippen LogP contribution is 2.17. The molecule has 2 rings (SSSR count). The van der Waals surface area contributed by atoms with E-state index in [-0.39, 0.29) is 12.4 Å². The van der Waals surface area contributed by atoms with Crippen LogP contribution in [-0.4, -0.2) is 21.6 Å². The van der Waals surface area contributed by atoms with Crippen molar-refractivity contribution >= 4 is 23.1 Å². The van der Waals surface area contributed by atoms with Gasteiger partial charge in [0.05, 0.1) is 12.8 Å². The molecule has 0 bridgehead atoms. The van der Waals surface area contributed by atoms with E-state index in [2.05, 4.69) is 10.2 Å². The van der Waals surface area contributed by atoms with Crippen LogP contribution in [-0.2, 0) is 12.4 Å². The van der Waals surface area contributed by atoms with Gasteiger partial charge in [0.15, 0.2) is 5.17 Å². The molecule has 5 nitrogen and oxygen atoms in total. The summed E-state index contributed by atoms with van der Waals surface area (Å²) in [6.07, 6.45) is 1.41. The summed E-state index contributed by atoms with van der Waals surface area (Å²) in [5, 5.41) is 26.9. The number of phenols is 1. The number of thioether (sulfide) groups is 1. The molecule has 2 aromatic carbocycles. The van der Waals surface area contributed by atoms with Crippen LogP contribution in [0.1, 0.15) is 16.7 Å². The van der Waals surface area contributed by atoms with Gasteiger partial charge in [0.1, 0.15) is 5.75 Å². The predicted molar refractivity (Wildman–Crippen MR) is 91.0 cm³/mol. The number of benzene rings is 2. The van der Waals surface area contributed by atoms with Crippen molar-refractivity contribution in [3.05, 3.63) is 65.2 Å². The molecule has 0 amide bonds. The summed E-state index contributed by atoms with van der Waals surface area (Å²) in [5.74, 6) is 0.795. The molecule has 0 fully saturated rings. The number of amidine groups is 1. The second-order valence-electron chi connectivity index (χ2n) is 4.51. The van der Waals surface area contributed by atoms with Gasteiger partial charge in [0, 0.05) is 11.3 Å². The zero-order valence-corrected chi connectivity index (χ0v) is 12.7. The minimum absolute atomic E-state index is 0.0756. The van der Waals surface area contributed by atoms with Crippen LogP contribution in [0, 0.1) is 0 Å². The first-order valence-corrected chi connectivity index (χ1v) is 7.63. The molecule has 0 radical (unpaired) electrons. The normalized spacial score (nSPS) is 12.0. The Morgan fingerprint density at radius 1 is 1.14 bits per heavy atom. The fraction of sp³-hybridized carbons (Fsp3) is 0.125. The van der Waals surface area contributed by atoms with Crippen LogP contribution < -0.4 is 5.73 Å². The molecule has 0 spiro atoms. The van der Waals surface area contributed by atoms with Crippen LogP contribution in [0.15, 0.2) is 58.7 Å². The molecule has 4 N–H and O–H groups in total. The SMILES string of the molecule is NC(=NN=Cc1cc(CO)ccc1O)SCc1ccccc1. The number of phenolic OH excluding ortho intramolecular Hbond substituents is 1. The Morgan fingerprint density at radius 2 is 1.91 bits per heavy atom. The highest BCUT2D eigenvalue weighted by atomic mass is 32.2. The standard InChI is InChI=1S/C16H17N3O2S/c17-16(22-11-12-4-2-1-3-5-12)19-18-9-14-8-13(10-20)6-7-15(14)21/h1-9,20-21H,10-11H2,(H2,17,19). The lowest BCUT2D eigenvalue weighted by Crippen LogP contribution is -2.06. The van der Waals surface area contributed by atoms with Gasteiger partial charge in [-0.05, 0) is 23.3 Å². The number of rotatable bonds is 5. The van der Waals surface area contributed by atoms with Crippen molar-refractivity contribution < 1.29 is 10.2 Å². The summed E-state index contributed by atoms with van der Waals surface area (Å²) in [7, 11) is 0. The third-order valence-corrected chi connectivity index (χ3v) is 3.71. The number of aliphatic hydroxyl groups excluding tert-OH is 1. The molecule has 6 heteroatoms. The van der Waals surface area contributed by atoms with Crippen molar-refractivity contribution in [1.82, 2.24) is 0 Å². The predicted octanol–water partition coefficient (Wildman–Crippen LogP) is 2.47. The maximum absolute atomic E-state index is 9.69. The first-order valence-electron chi connectivity index (χ1n) is 6.65. The van der Waals surface area contributed by atoms with E-state index in [0.29, 0.717) is 16.3 Å². The fourth-order valence-corrected chi connectivity index (χ4v) is 2.33. The molecule has 0 atom stereocenters. The van der Waals surface area contributed by atoms with Crippen molar-refractivity contribution in [2.75, 3.05) is 0 Å². The number of aromatic hydroxyl groups is 1. The maximum atomic E-state index is 9.69. The topological polar surface area (TPSA) is 91.2 Å². The monoisotopic (exact) mass is 315 g/mol. The van der Waals surface area contributed by atoms with Gasteiger partial charge < -0.3 is 15.9 Å². The largest absolute Gasteiger partial charge is 0.507 e. The molecular formula is C16H17N3O2S. The molecular weight excluding hydrogens is 298 g/mol. The molecule has 0 saturated heterocycles. The molecule has 114 valence electrons. The van der Waals surface area contributed by atoms with Crippen molar-refractivity contribution in [2.24, 2.45) is 15.9 Å². The molecule has 0 aliphatic carbocycles. The van der Waals surface area contributed by atoms with Crippen LogP contribution in [0.3, 0.4) is 0 Å². The lowest BCUT2D eigenvalue weighted by Gasteiger charge is -2.01. The van der Waals surface area contributed by atoms with Gasteiger partial charge in [0.2, 0.25) is 0 Å².